The topological polar surface area (TPSA) is 71.1 Å². The third-order valence-corrected chi connectivity index (χ3v) is 9.11. The van der Waals surface area contributed by atoms with Gasteiger partial charge in [0.1, 0.15) is 11.6 Å². The lowest BCUT2D eigenvalue weighted by Crippen LogP contribution is -2.44. The minimum absolute atomic E-state index is 0.0766. The van der Waals surface area contributed by atoms with Gasteiger partial charge in [0, 0.05) is 24.6 Å². The molecule has 0 saturated heterocycles. The fourth-order valence-electron chi connectivity index (χ4n) is 5.94. The van der Waals surface area contributed by atoms with Gasteiger partial charge in [-0.1, -0.05) is 72.8 Å². The fraction of sp³-hybridized carbons (Fsp3) is 0.366. The average molecular weight is 706 g/mol. The van der Waals surface area contributed by atoms with Gasteiger partial charge in [-0.2, -0.15) is 0 Å². The third-order valence-electron chi connectivity index (χ3n) is 8.57. The molecule has 0 fully saturated rings. The Kier molecular flexibility index (Phi) is 15.3. The number of alkyl halides is 2. The summed E-state index contributed by atoms with van der Waals surface area (Å²) in [6, 6.07) is 31.0. The second-order valence-corrected chi connectivity index (χ2v) is 12.8. The smallest absolute Gasteiger partial charge is 0.161 e. The molecule has 0 aromatic heterocycles. The molecule has 0 amide bonds. The SMILES string of the molecule is COc1cc(CCC(=O)C(Cc2ccccc2)(Cc2ccccc2)C(=O)CCc2ccc(OCCCCl)c(OC)c2)ccc1OCCCCl. The van der Waals surface area contributed by atoms with E-state index in [1.54, 1.807) is 14.2 Å². The van der Waals surface area contributed by atoms with Gasteiger partial charge < -0.3 is 18.9 Å². The third kappa shape index (κ3) is 11.0. The van der Waals surface area contributed by atoms with E-state index in [1.807, 2.05) is 97.1 Å². The monoisotopic (exact) mass is 704 g/mol. The van der Waals surface area contributed by atoms with Crippen LogP contribution in [0.4, 0.5) is 0 Å². The lowest BCUT2D eigenvalue weighted by atomic mass is 9.68. The van der Waals surface area contributed by atoms with Crippen molar-refractivity contribution < 1.29 is 28.5 Å². The van der Waals surface area contributed by atoms with Gasteiger partial charge in [0.2, 0.25) is 0 Å². The highest BCUT2D eigenvalue weighted by Gasteiger charge is 2.44. The maximum Gasteiger partial charge on any atom is 0.161 e. The molecule has 0 bridgehead atoms. The van der Waals surface area contributed by atoms with E-state index in [9.17, 15) is 9.59 Å². The number of benzene rings is 4. The molecule has 0 heterocycles. The molecule has 0 radical (unpaired) electrons. The molecule has 4 aromatic carbocycles. The lowest BCUT2D eigenvalue weighted by Gasteiger charge is -2.32. The first-order chi connectivity index (χ1) is 23.9. The minimum Gasteiger partial charge on any atom is -0.493 e. The molecule has 8 heteroatoms. The highest BCUT2D eigenvalue weighted by molar-refractivity contribution is 6.18. The molecule has 0 spiro atoms. The van der Waals surface area contributed by atoms with Gasteiger partial charge in [0.25, 0.3) is 0 Å². The summed E-state index contributed by atoms with van der Waals surface area (Å²) < 4.78 is 22.8. The summed E-state index contributed by atoms with van der Waals surface area (Å²) >= 11 is 11.6. The van der Waals surface area contributed by atoms with Crippen LogP contribution in [0.3, 0.4) is 0 Å². The molecule has 0 atom stereocenters. The second kappa shape index (κ2) is 19.9. The van der Waals surface area contributed by atoms with E-state index >= 15 is 0 Å². The number of carbonyl (C=O) groups is 2. The molecule has 260 valence electrons. The van der Waals surface area contributed by atoms with Gasteiger partial charge in [-0.15, -0.1) is 23.2 Å². The first-order valence-corrected chi connectivity index (χ1v) is 17.8. The molecular formula is C41H46Cl2O6. The number of rotatable bonds is 22. The van der Waals surface area contributed by atoms with Gasteiger partial charge in [-0.05, 0) is 85.0 Å². The highest BCUT2D eigenvalue weighted by atomic mass is 35.5. The van der Waals surface area contributed by atoms with Crippen molar-refractivity contribution >= 4 is 34.8 Å². The fourth-order valence-corrected chi connectivity index (χ4v) is 6.16. The van der Waals surface area contributed by atoms with Crippen LogP contribution < -0.4 is 18.9 Å². The summed E-state index contributed by atoms with van der Waals surface area (Å²) in [5, 5.41) is 0. The Morgan fingerprint density at radius 1 is 0.551 bits per heavy atom. The summed E-state index contributed by atoms with van der Waals surface area (Å²) in [6.07, 6.45) is 3.38. The number of halogens is 2. The van der Waals surface area contributed by atoms with Crippen LogP contribution in [0.15, 0.2) is 97.1 Å². The summed E-state index contributed by atoms with van der Waals surface area (Å²) in [4.78, 5) is 29.3. The quantitative estimate of drug-likeness (QED) is 0.0462. The van der Waals surface area contributed by atoms with Crippen molar-refractivity contribution in [3.8, 4) is 23.0 Å². The Morgan fingerprint density at radius 3 is 1.33 bits per heavy atom. The first kappa shape index (κ1) is 37.8. The van der Waals surface area contributed by atoms with E-state index in [0.717, 1.165) is 35.1 Å². The Morgan fingerprint density at radius 2 is 0.959 bits per heavy atom. The van der Waals surface area contributed by atoms with Crippen LogP contribution >= 0.6 is 23.2 Å². The highest BCUT2D eigenvalue weighted by Crippen LogP contribution is 2.36. The number of ketones is 2. The van der Waals surface area contributed by atoms with E-state index in [-0.39, 0.29) is 24.4 Å². The molecular weight excluding hydrogens is 659 g/mol. The Labute approximate surface area is 300 Å². The molecule has 4 rings (SSSR count). The van der Waals surface area contributed by atoms with Crippen LogP contribution in [-0.2, 0) is 35.3 Å². The number of hydrogen-bond acceptors (Lipinski definition) is 6. The van der Waals surface area contributed by atoms with Crippen molar-refractivity contribution in [1.29, 1.82) is 0 Å². The van der Waals surface area contributed by atoms with Gasteiger partial charge in [0.15, 0.2) is 23.0 Å². The van der Waals surface area contributed by atoms with Crippen LogP contribution in [0.2, 0.25) is 0 Å². The van der Waals surface area contributed by atoms with Crippen molar-refractivity contribution in [1.82, 2.24) is 0 Å². The summed E-state index contributed by atoms with van der Waals surface area (Å²) in [5.74, 6) is 3.33. The molecule has 0 unspecified atom stereocenters. The summed E-state index contributed by atoms with van der Waals surface area (Å²) in [7, 11) is 3.19. The van der Waals surface area contributed by atoms with Crippen LogP contribution in [0, 0.1) is 5.41 Å². The Bertz CT molecular complexity index is 1490. The van der Waals surface area contributed by atoms with Crippen LogP contribution in [-0.4, -0.2) is 50.8 Å². The van der Waals surface area contributed by atoms with Crippen molar-refractivity contribution in [2.45, 2.75) is 51.4 Å². The Hall–Kier alpha value is -4.00. The number of hydrogen-bond donors (Lipinski definition) is 0. The summed E-state index contributed by atoms with van der Waals surface area (Å²) in [6.45, 7) is 0.973. The van der Waals surface area contributed by atoms with E-state index in [1.165, 1.54) is 0 Å². The van der Waals surface area contributed by atoms with E-state index in [0.29, 0.717) is 73.7 Å². The molecule has 6 nitrogen and oxygen atoms in total. The molecule has 0 aliphatic rings. The number of carbonyl (C=O) groups excluding carboxylic acids is 2. The van der Waals surface area contributed by atoms with Crippen LogP contribution in [0.1, 0.15) is 47.9 Å². The van der Waals surface area contributed by atoms with Crippen LogP contribution in [0.5, 0.6) is 23.0 Å². The minimum atomic E-state index is -1.26. The Balaban J connectivity index is 1.62. The molecule has 0 saturated carbocycles. The zero-order valence-corrected chi connectivity index (χ0v) is 29.9. The van der Waals surface area contributed by atoms with Crippen LogP contribution in [0.25, 0.3) is 0 Å². The number of aryl methyl sites for hydroxylation is 2. The standard InChI is InChI=1S/C41H46Cl2O6/c1-46-37-27-31(15-19-35(37)48-25-9-23-42)17-21-39(44)41(29-33-11-5-3-6-12-33,30-34-13-7-4-8-14-34)40(45)22-18-32-16-20-36(38(28-32)47-2)49-26-10-24-43/h3-8,11-16,19-20,27-28H,9-10,17-18,21-26,29-30H2,1-2H3. The van der Waals surface area contributed by atoms with Crippen molar-refractivity contribution in [2.75, 3.05) is 39.2 Å². The number of ether oxygens (including phenoxy) is 4. The zero-order valence-electron chi connectivity index (χ0n) is 28.4. The van der Waals surface area contributed by atoms with Crippen molar-refractivity contribution in [3.63, 3.8) is 0 Å². The van der Waals surface area contributed by atoms with E-state index in [2.05, 4.69) is 0 Å². The molecule has 0 aliphatic heterocycles. The predicted octanol–water partition coefficient (Wildman–Crippen LogP) is 8.89. The maximum absolute atomic E-state index is 14.6. The van der Waals surface area contributed by atoms with Crippen molar-refractivity contribution in [2.24, 2.45) is 5.41 Å². The van der Waals surface area contributed by atoms with Crippen molar-refractivity contribution in [3.05, 3.63) is 119 Å². The van der Waals surface area contributed by atoms with Gasteiger partial charge in [-0.25, -0.2) is 0 Å². The maximum atomic E-state index is 14.6. The molecule has 49 heavy (non-hydrogen) atoms. The number of Topliss-reactive ketones (excluding diaryl/α,β-unsaturated/α-hetero) is 2. The normalized spacial score (nSPS) is 11.2. The summed E-state index contributed by atoms with van der Waals surface area (Å²) in [5.41, 5.74) is 2.49. The lowest BCUT2D eigenvalue weighted by molar-refractivity contribution is -0.141. The predicted molar refractivity (Wildman–Crippen MR) is 197 cm³/mol. The average Bonchev–Trinajstić information content (AvgIpc) is 3.14. The van der Waals surface area contributed by atoms with Gasteiger partial charge >= 0.3 is 0 Å². The van der Waals surface area contributed by atoms with Gasteiger partial charge in [0.05, 0.1) is 32.8 Å². The first-order valence-electron chi connectivity index (χ1n) is 16.8. The second-order valence-electron chi connectivity index (χ2n) is 12.0. The largest absolute Gasteiger partial charge is 0.493 e. The zero-order chi connectivity index (χ0) is 34.9. The molecule has 0 N–H and O–H groups in total. The van der Waals surface area contributed by atoms with E-state index in [4.69, 9.17) is 42.1 Å². The molecule has 4 aromatic rings. The van der Waals surface area contributed by atoms with E-state index < -0.39 is 5.41 Å². The number of methoxy groups -OCH3 is 2. The van der Waals surface area contributed by atoms with Gasteiger partial charge in [-0.3, -0.25) is 9.59 Å². The molecule has 0 aliphatic carbocycles.